The molecule has 5 nitrogen and oxygen atoms in total. The van der Waals surface area contributed by atoms with Gasteiger partial charge in [-0.1, -0.05) is 6.07 Å². The molecule has 1 heterocycles. The van der Waals surface area contributed by atoms with E-state index in [1.807, 2.05) is 25.1 Å². The number of rotatable bonds is 3. The van der Waals surface area contributed by atoms with Gasteiger partial charge in [0.1, 0.15) is 11.5 Å². The molecule has 0 amide bonds. The minimum absolute atomic E-state index is 0.153. The first-order chi connectivity index (χ1) is 8.15. The zero-order valence-electron chi connectivity index (χ0n) is 9.66. The number of aromatic hydroxyl groups is 1. The maximum atomic E-state index is 9.29. The van der Waals surface area contributed by atoms with Crippen molar-refractivity contribution in [1.29, 1.82) is 0 Å². The molecule has 1 aromatic carbocycles. The van der Waals surface area contributed by atoms with Crippen molar-refractivity contribution < 1.29 is 9.84 Å². The van der Waals surface area contributed by atoms with Crippen molar-refractivity contribution in [3.05, 3.63) is 36.4 Å². The molecule has 88 valence electrons. The SMILES string of the molecule is CN(C)c1ccc(Oc2cccc(O)c2)nn1. The van der Waals surface area contributed by atoms with Crippen LogP contribution in [0.5, 0.6) is 17.4 Å². The molecule has 2 rings (SSSR count). The van der Waals surface area contributed by atoms with Crippen molar-refractivity contribution in [2.45, 2.75) is 0 Å². The first-order valence-corrected chi connectivity index (χ1v) is 5.13. The molecule has 2 aromatic rings. The van der Waals surface area contributed by atoms with Crippen molar-refractivity contribution >= 4 is 5.82 Å². The molecule has 0 aliphatic heterocycles. The van der Waals surface area contributed by atoms with Crippen molar-refractivity contribution in [1.82, 2.24) is 10.2 Å². The third-order valence-electron chi connectivity index (χ3n) is 2.12. The molecule has 0 bridgehead atoms. The molecule has 17 heavy (non-hydrogen) atoms. The number of benzene rings is 1. The fourth-order valence-electron chi connectivity index (χ4n) is 1.27. The van der Waals surface area contributed by atoms with E-state index in [0.29, 0.717) is 11.6 Å². The molecule has 0 spiro atoms. The highest BCUT2D eigenvalue weighted by Crippen LogP contribution is 2.23. The van der Waals surface area contributed by atoms with E-state index in [-0.39, 0.29) is 5.75 Å². The molecular weight excluding hydrogens is 218 g/mol. The van der Waals surface area contributed by atoms with Crippen molar-refractivity contribution in [2.75, 3.05) is 19.0 Å². The molecule has 0 saturated heterocycles. The third kappa shape index (κ3) is 2.84. The Hall–Kier alpha value is -2.30. The molecule has 5 heteroatoms. The van der Waals surface area contributed by atoms with Gasteiger partial charge in [0, 0.05) is 26.2 Å². The molecule has 0 saturated carbocycles. The highest BCUT2D eigenvalue weighted by atomic mass is 16.5. The van der Waals surface area contributed by atoms with Crippen LogP contribution in [0.4, 0.5) is 5.82 Å². The highest BCUT2D eigenvalue weighted by Gasteiger charge is 2.02. The average molecular weight is 231 g/mol. The molecule has 0 radical (unpaired) electrons. The van der Waals surface area contributed by atoms with Crippen LogP contribution in [-0.2, 0) is 0 Å². The number of aromatic nitrogens is 2. The van der Waals surface area contributed by atoms with E-state index >= 15 is 0 Å². The van der Waals surface area contributed by atoms with Crippen molar-refractivity contribution in [2.24, 2.45) is 0 Å². The van der Waals surface area contributed by atoms with Crippen molar-refractivity contribution in [3.63, 3.8) is 0 Å². The van der Waals surface area contributed by atoms with Gasteiger partial charge < -0.3 is 14.7 Å². The lowest BCUT2D eigenvalue weighted by molar-refractivity contribution is 0.441. The number of phenolic OH excluding ortho intramolecular Hbond substituents is 1. The van der Waals surface area contributed by atoms with Crippen LogP contribution in [0.2, 0.25) is 0 Å². The van der Waals surface area contributed by atoms with Gasteiger partial charge in [-0.3, -0.25) is 0 Å². The van der Waals surface area contributed by atoms with E-state index in [9.17, 15) is 5.11 Å². The summed E-state index contributed by atoms with van der Waals surface area (Å²) in [4.78, 5) is 1.85. The minimum atomic E-state index is 0.153. The Labute approximate surface area is 99.3 Å². The van der Waals surface area contributed by atoms with E-state index < -0.39 is 0 Å². The van der Waals surface area contributed by atoms with Crippen LogP contribution in [-0.4, -0.2) is 29.4 Å². The maximum Gasteiger partial charge on any atom is 0.238 e. The largest absolute Gasteiger partial charge is 0.508 e. The first kappa shape index (κ1) is 11.2. The number of phenols is 1. The lowest BCUT2D eigenvalue weighted by atomic mass is 10.3. The van der Waals surface area contributed by atoms with Crippen LogP contribution in [0.1, 0.15) is 0 Å². The Morgan fingerprint density at radius 3 is 2.53 bits per heavy atom. The van der Waals surface area contributed by atoms with Crippen LogP contribution < -0.4 is 9.64 Å². The van der Waals surface area contributed by atoms with Gasteiger partial charge in [0.05, 0.1) is 0 Å². The number of hydrogen-bond acceptors (Lipinski definition) is 5. The molecule has 1 aromatic heterocycles. The van der Waals surface area contributed by atoms with Gasteiger partial charge in [-0.25, -0.2) is 0 Å². The Balaban J connectivity index is 2.14. The molecule has 0 aliphatic carbocycles. The summed E-state index contributed by atoms with van der Waals surface area (Å²) in [6, 6.07) is 10.1. The smallest absolute Gasteiger partial charge is 0.238 e. The van der Waals surface area contributed by atoms with Crippen LogP contribution in [0.15, 0.2) is 36.4 Å². The van der Waals surface area contributed by atoms with E-state index in [2.05, 4.69) is 10.2 Å². The molecule has 0 unspecified atom stereocenters. The predicted octanol–water partition coefficient (Wildman–Crippen LogP) is 2.04. The second-order valence-corrected chi connectivity index (χ2v) is 3.72. The van der Waals surface area contributed by atoms with Gasteiger partial charge in [0.25, 0.3) is 0 Å². The third-order valence-corrected chi connectivity index (χ3v) is 2.12. The van der Waals surface area contributed by atoms with Gasteiger partial charge in [0.2, 0.25) is 5.88 Å². The lowest BCUT2D eigenvalue weighted by Crippen LogP contribution is -2.11. The topological polar surface area (TPSA) is 58.5 Å². The fourth-order valence-corrected chi connectivity index (χ4v) is 1.27. The molecule has 0 aliphatic rings. The lowest BCUT2D eigenvalue weighted by Gasteiger charge is -2.10. The number of ether oxygens (including phenoxy) is 1. The summed E-state index contributed by atoms with van der Waals surface area (Å²) >= 11 is 0. The monoisotopic (exact) mass is 231 g/mol. The molecular formula is C12H13N3O2. The van der Waals surface area contributed by atoms with Gasteiger partial charge in [-0.2, -0.15) is 0 Å². The number of nitrogens with zero attached hydrogens (tertiary/aromatic N) is 3. The van der Waals surface area contributed by atoms with Crippen LogP contribution in [0, 0.1) is 0 Å². The van der Waals surface area contributed by atoms with E-state index in [4.69, 9.17) is 4.74 Å². The zero-order valence-corrected chi connectivity index (χ0v) is 9.66. The molecule has 1 N–H and O–H groups in total. The maximum absolute atomic E-state index is 9.29. The van der Waals surface area contributed by atoms with Crippen molar-refractivity contribution in [3.8, 4) is 17.4 Å². The summed E-state index contributed by atoms with van der Waals surface area (Å²) in [7, 11) is 3.78. The fraction of sp³-hybridized carbons (Fsp3) is 0.167. The van der Waals surface area contributed by atoms with Crippen LogP contribution in [0.25, 0.3) is 0 Å². The van der Waals surface area contributed by atoms with Gasteiger partial charge in [-0.15, -0.1) is 10.2 Å². The summed E-state index contributed by atoms with van der Waals surface area (Å²) in [5, 5.41) is 17.2. The summed E-state index contributed by atoms with van der Waals surface area (Å²) < 4.78 is 5.44. The second-order valence-electron chi connectivity index (χ2n) is 3.72. The summed E-state index contributed by atoms with van der Waals surface area (Å²) in [6.45, 7) is 0. The average Bonchev–Trinajstić information content (AvgIpc) is 2.29. The minimum Gasteiger partial charge on any atom is -0.508 e. The molecule has 0 atom stereocenters. The summed E-state index contributed by atoms with van der Waals surface area (Å²) in [6.07, 6.45) is 0. The Bertz CT molecular complexity index is 497. The summed E-state index contributed by atoms with van der Waals surface area (Å²) in [5.74, 6) is 1.83. The van der Waals surface area contributed by atoms with Crippen LogP contribution >= 0.6 is 0 Å². The Morgan fingerprint density at radius 2 is 1.94 bits per heavy atom. The normalized spacial score (nSPS) is 10.0. The zero-order chi connectivity index (χ0) is 12.3. The van der Waals surface area contributed by atoms with E-state index in [1.54, 1.807) is 24.3 Å². The first-order valence-electron chi connectivity index (χ1n) is 5.13. The van der Waals surface area contributed by atoms with Gasteiger partial charge >= 0.3 is 0 Å². The predicted molar refractivity (Wildman–Crippen MR) is 64.5 cm³/mol. The number of anilines is 1. The van der Waals surface area contributed by atoms with Gasteiger partial charge in [-0.05, 0) is 18.2 Å². The van der Waals surface area contributed by atoms with Crippen LogP contribution in [0.3, 0.4) is 0 Å². The standard InChI is InChI=1S/C12H13N3O2/c1-15(2)11-6-7-12(14-13-11)17-10-5-3-4-9(16)8-10/h3-8,16H,1-2H3. The quantitative estimate of drug-likeness (QED) is 0.876. The van der Waals surface area contributed by atoms with E-state index in [0.717, 1.165) is 5.82 Å². The summed E-state index contributed by atoms with van der Waals surface area (Å²) in [5.41, 5.74) is 0. The number of hydrogen-bond donors (Lipinski definition) is 1. The Morgan fingerprint density at radius 1 is 1.12 bits per heavy atom. The van der Waals surface area contributed by atoms with Gasteiger partial charge in [0.15, 0.2) is 5.82 Å². The molecule has 0 fully saturated rings. The highest BCUT2D eigenvalue weighted by molar-refractivity contribution is 5.38. The Kier molecular flexibility index (Phi) is 3.09. The second kappa shape index (κ2) is 4.69. The van der Waals surface area contributed by atoms with E-state index in [1.165, 1.54) is 6.07 Å².